The molecule has 2 aromatic carbocycles. The molecule has 1 N–H and O–H groups in total. The van der Waals surface area contributed by atoms with Crippen molar-refractivity contribution in [2.24, 2.45) is 0 Å². The number of fused-ring (bicyclic) bond motifs is 1. The van der Waals surface area contributed by atoms with Crippen LogP contribution in [0.5, 0.6) is 0 Å². The number of halogens is 1. The molecule has 0 aromatic heterocycles. The van der Waals surface area contributed by atoms with Crippen LogP contribution in [0.25, 0.3) is 0 Å². The molecule has 2 aliphatic heterocycles. The van der Waals surface area contributed by atoms with Gasteiger partial charge in [0.2, 0.25) is 15.9 Å². The number of hydrogen-bond acceptors (Lipinski definition) is 5. The molecule has 2 aromatic rings. The molecule has 0 radical (unpaired) electrons. The number of nitrogens with zero attached hydrogens (tertiary/aromatic N) is 2. The van der Waals surface area contributed by atoms with Crippen LogP contribution < -0.4 is 9.62 Å². The fraction of sp³-hybridized carbons (Fsp3) is 0.435. The van der Waals surface area contributed by atoms with E-state index in [1.165, 1.54) is 19.1 Å². The Bertz CT molecular complexity index is 1070. The second-order valence-corrected chi connectivity index (χ2v) is 9.90. The zero-order valence-electron chi connectivity index (χ0n) is 18.1. The van der Waals surface area contributed by atoms with Gasteiger partial charge in [-0.05, 0) is 54.3 Å². The third-order valence-electron chi connectivity index (χ3n) is 6.07. The highest BCUT2D eigenvalue weighted by Gasteiger charge is 2.27. The molecule has 172 valence electrons. The molecule has 0 bridgehead atoms. The number of anilines is 1. The molecule has 1 saturated heterocycles. The summed E-state index contributed by atoms with van der Waals surface area (Å²) in [4.78, 5) is 15.9. The predicted molar refractivity (Wildman–Crippen MR) is 120 cm³/mol. The van der Waals surface area contributed by atoms with Crippen LogP contribution in [0.4, 0.5) is 10.1 Å². The van der Waals surface area contributed by atoms with E-state index >= 15 is 0 Å². The van der Waals surface area contributed by atoms with Crippen molar-refractivity contribution < 1.29 is 22.3 Å². The number of ether oxygens (including phenoxy) is 1. The van der Waals surface area contributed by atoms with E-state index in [0.29, 0.717) is 32.8 Å². The van der Waals surface area contributed by atoms with Crippen molar-refractivity contribution in [3.63, 3.8) is 0 Å². The molecule has 1 unspecified atom stereocenters. The summed E-state index contributed by atoms with van der Waals surface area (Å²) < 4.78 is 47.8. The van der Waals surface area contributed by atoms with E-state index in [2.05, 4.69) is 9.62 Å². The van der Waals surface area contributed by atoms with Gasteiger partial charge in [0.1, 0.15) is 5.82 Å². The Labute approximate surface area is 188 Å². The Balaban J connectivity index is 1.55. The fourth-order valence-corrected chi connectivity index (χ4v) is 5.46. The summed E-state index contributed by atoms with van der Waals surface area (Å²) in [5.74, 6) is -0.379. The number of carbonyl (C=O) groups is 1. The van der Waals surface area contributed by atoms with Crippen molar-refractivity contribution in [3.8, 4) is 0 Å². The van der Waals surface area contributed by atoms with Crippen LogP contribution in [0, 0.1) is 5.82 Å². The van der Waals surface area contributed by atoms with Gasteiger partial charge in [-0.1, -0.05) is 12.1 Å². The number of rotatable bonds is 6. The lowest BCUT2D eigenvalue weighted by molar-refractivity contribution is -0.116. The summed E-state index contributed by atoms with van der Waals surface area (Å²) in [5.41, 5.74) is 2.48. The normalized spacial score (nSPS) is 18.2. The van der Waals surface area contributed by atoms with Crippen molar-refractivity contribution in [2.75, 3.05) is 44.3 Å². The first-order valence-corrected chi connectivity index (χ1v) is 12.3. The summed E-state index contributed by atoms with van der Waals surface area (Å²) in [7, 11) is -3.77. The number of amides is 1. The zero-order chi connectivity index (χ0) is 22.7. The third-order valence-corrected chi connectivity index (χ3v) is 7.49. The highest BCUT2D eigenvalue weighted by Crippen LogP contribution is 2.30. The lowest BCUT2D eigenvalue weighted by atomic mass is 10.0. The summed E-state index contributed by atoms with van der Waals surface area (Å²) in [6.07, 6.45) is 1.53. The maximum atomic E-state index is 13.4. The second-order valence-electron chi connectivity index (χ2n) is 8.13. The standard InChI is InChI=1S/C23H28FN3O4S/c1-17(28)27-10-2-3-19-15-21(8-9-22(19)27)32(29,30)25-16-23(26-11-13-31-14-12-26)18-4-6-20(24)7-5-18/h4-9,15,23,25H,2-3,10-14,16H2,1H3. The van der Waals surface area contributed by atoms with Crippen molar-refractivity contribution in [1.29, 1.82) is 0 Å². The molecule has 9 heteroatoms. The molecular formula is C23H28FN3O4S. The molecule has 4 rings (SSSR count). The average Bonchev–Trinajstić information content (AvgIpc) is 2.80. The van der Waals surface area contributed by atoms with Gasteiger partial charge in [0.15, 0.2) is 0 Å². The number of carbonyl (C=O) groups excluding carboxylic acids is 1. The molecule has 1 atom stereocenters. The molecule has 0 saturated carbocycles. The largest absolute Gasteiger partial charge is 0.379 e. The van der Waals surface area contributed by atoms with Gasteiger partial charge in [-0.3, -0.25) is 9.69 Å². The first-order chi connectivity index (χ1) is 15.3. The number of hydrogen-bond donors (Lipinski definition) is 1. The van der Waals surface area contributed by atoms with E-state index in [1.807, 2.05) is 0 Å². The molecular weight excluding hydrogens is 433 g/mol. The Morgan fingerprint density at radius 3 is 2.53 bits per heavy atom. The lowest BCUT2D eigenvalue weighted by Gasteiger charge is -2.35. The number of nitrogens with one attached hydrogen (secondary N) is 1. The fourth-order valence-electron chi connectivity index (χ4n) is 4.37. The SMILES string of the molecule is CC(=O)N1CCCc2cc(S(=O)(=O)NCC(c3ccc(F)cc3)N3CCOCC3)ccc21. The maximum Gasteiger partial charge on any atom is 0.240 e. The highest BCUT2D eigenvalue weighted by molar-refractivity contribution is 7.89. The third kappa shape index (κ3) is 5.01. The summed E-state index contributed by atoms with van der Waals surface area (Å²) >= 11 is 0. The van der Waals surface area contributed by atoms with E-state index in [4.69, 9.17) is 4.74 Å². The van der Waals surface area contributed by atoms with Crippen molar-refractivity contribution >= 4 is 21.6 Å². The molecule has 1 fully saturated rings. The number of benzene rings is 2. The Hall–Kier alpha value is -2.33. The first kappa shape index (κ1) is 22.8. The van der Waals surface area contributed by atoms with Crippen LogP contribution in [0.2, 0.25) is 0 Å². The van der Waals surface area contributed by atoms with Crippen LogP contribution in [-0.2, 0) is 26.0 Å². The molecule has 2 aliphatic rings. The minimum Gasteiger partial charge on any atom is -0.379 e. The van der Waals surface area contributed by atoms with E-state index in [1.54, 1.807) is 35.2 Å². The van der Waals surface area contributed by atoms with Crippen molar-refractivity contribution in [2.45, 2.75) is 30.7 Å². The van der Waals surface area contributed by atoms with Crippen LogP contribution in [0.1, 0.15) is 30.5 Å². The molecule has 0 spiro atoms. The van der Waals surface area contributed by atoms with Gasteiger partial charge in [0, 0.05) is 44.8 Å². The Kier molecular flexibility index (Phi) is 6.90. The Morgan fingerprint density at radius 2 is 1.84 bits per heavy atom. The minimum absolute atomic E-state index is 0.0488. The van der Waals surface area contributed by atoms with E-state index in [-0.39, 0.29) is 29.2 Å². The molecule has 0 aliphatic carbocycles. The van der Waals surface area contributed by atoms with Gasteiger partial charge in [-0.15, -0.1) is 0 Å². The smallest absolute Gasteiger partial charge is 0.240 e. The van der Waals surface area contributed by atoms with Gasteiger partial charge in [-0.25, -0.2) is 17.5 Å². The topological polar surface area (TPSA) is 79.0 Å². The number of aryl methyl sites for hydroxylation is 1. The lowest BCUT2D eigenvalue weighted by Crippen LogP contribution is -2.43. The quantitative estimate of drug-likeness (QED) is 0.715. The van der Waals surface area contributed by atoms with E-state index in [0.717, 1.165) is 29.7 Å². The summed E-state index contributed by atoms with van der Waals surface area (Å²) in [6, 6.07) is 10.9. The first-order valence-electron chi connectivity index (χ1n) is 10.8. The molecule has 1 amide bonds. The number of morpholine rings is 1. The van der Waals surface area contributed by atoms with Gasteiger partial charge in [0.25, 0.3) is 0 Å². The predicted octanol–water partition coefficient (Wildman–Crippen LogP) is 2.48. The van der Waals surface area contributed by atoms with Gasteiger partial charge in [-0.2, -0.15) is 0 Å². The zero-order valence-corrected chi connectivity index (χ0v) is 18.9. The van der Waals surface area contributed by atoms with Crippen molar-refractivity contribution in [3.05, 3.63) is 59.4 Å². The summed E-state index contributed by atoms with van der Waals surface area (Å²) in [5, 5.41) is 0. The molecule has 32 heavy (non-hydrogen) atoms. The Morgan fingerprint density at radius 1 is 1.12 bits per heavy atom. The van der Waals surface area contributed by atoms with Gasteiger partial charge >= 0.3 is 0 Å². The van der Waals surface area contributed by atoms with Crippen LogP contribution in [0.3, 0.4) is 0 Å². The highest BCUT2D eigenvalue weighted by atomic mass is 32.2. The molecule has 7 nitrogen and oxygen atoms in total. The van der Waals surface area contributed by atoms with Crippen molar-refractivity contribution in [1.82, 2.24) is 9.62 Å². The van der Waals surface area contributed by atoms with Crippen LogP contribution in [-0.4, -0.2) is 58.6 Å². The minimum atomic E-state index is -3.77. The van der Waals surface area contributed by atoms with Crippen LogP contribution >= 0.6 is 0 Å². The van der Waals surface area contributed by atoms with Gasteiger partial charge in [0.05, 0.1) is 18.1 Å². The molecule has 2 heterocycles. The second kappa shape index (κ2) is 9.66. The average molecular weight is 462 g/mol. The number of sulfonamides is 1. The van der Waals surface area contributed by atoms with E-state index < -0.39 is 10.0 Å². The van der Waals surface area contributed by atoms with Crippen LogP contribution in [0.15, 0.2) is 47.4 Å². The van der Waals surface area contributed by atoms with Gasteiger partial charge < -0.3 is 9.64 Å². The monoisotopic (exact) mass is 461 g/mol. The maximum absolute atomic E-state index is 13.4. The summed E-state index contributed by atoms with van der Waals surface area (Å²) in [6.45, 7) is 4.80. The van der Waals surface area contributed by atoms with E-state index in [9.17, 15) is 17.6 Å².